The number of hydrogen-bond acceptors (Lipinski definition) is 2. The average molecular weight is 385 g/mol. The number of amides is 2. The van der Waals surface area contributed by atoms with Crippen molar-refractivity contribution in [1.29, 1.82) is 0 Å². The first-order chi connectivity index (χ1) is 11.9. The average Bonchev–Trinajstić information content (AvgIpc) is 2.93. The van der Waals surface area contributed by atoms with Gasteiger partial charge >= 0.3 is 0 Å². The number of hydrogen-bond donors (Lipinski definition) is 1. The molecule has 0 radical (unpaired) electrons. The quantitative estimate of drug-likeness (QED) is 0.858. The first-order valence-electron chi connectivity index (χ1n) is 7.37. The topological polar surface area (TPSA) is 49.4 Å². The van der Waals surface area contributed by atoms with Crippen LogP contribution in [0.25, 0.3) is 0 Å². The molecule has 1 aliphatic rings. The zero-order valence-electron chi connectivity index (χ0n) is 12.7. The van der Waals surface area contributed by atoms with Crippen LogP contribution in [0.5, 0.6) is 0 Å². The Morgan fingerprint density at radius 2 is 1.84 bits per heavy atom. The molecule has 130 valence electrons. The molecule has 4 nitrogen and oxygen atoms in total. The molecule has 8 heteroatoms. The van der Waals surface area contributed by atoms with E-state index in [2.05, 4.69) is 5.32 Å². The lowest BCUT2D eigenvalue weighted by Crippen LogP contribution is -2.29. The number of nitrogens with zero attached hydrogens (tertiary/aromatic N) is 1. The highest BCUT2D eigenvalue weighted by Crippen LogP contribution is 2.31. The Bertz CT molecular complexity index is 840. The van der Waals surface area contributed by atoms with Crippen molar-refractivity contribution in [3.63, 3.8) is 0 Å². The van der Waals surface area contributed by atoms with Crippen LogP contribution < -0.4 is 10.2 Å². The van der Waals surface area contributed by atoms with E-state index in [9.17, 15) is 18.4 Å². The van der Waals surface area contributed by atoms with E-state index in [1.807, 2.05) is 0 Å². The highest BCUT2D eigenvalue weighted by Gasteiger charge is 2.37. The van der Waals surface area contributed by atoms with Crippen molar-refractivity contribution in [3.8, 4) is 0 Å². The molecule has 0 aromatic heterocycles. The number of rotatable bonds is 3. The van der Waals surface area contributed by atoms with Crippen LogP contribution in [0, 0.1) is 17.6 Å². The lowest BCUT2D eigenvalue weighted by atomic mass is 10.1. The number of carbonyl (C=O) groups excluding carboxylic acids is 2. The summed E-state index contributed by atoms with van der Waals surface area (Å²) in [5.41, 5.74) is -0.134. The van der Waals surface area contributed by atoms with Crippen LogP contribution >= 0.6 is 23.2 Å². The molecular formula is C17H12Cl2F2N2O2. The Hall–Kier alpha value is -2.18. The smallest absolute Gasteiger partial charge is 0.229 e. The SMILES string of the molecule is O=C(Nc1cc(Cl)ccc1Cl)C1CC(=O)N(c2c(F)cccc2F)C1. The van der Waals surface area contributed by atoms with Gasteiger partial charge in [0.15, 0.2) is 0 Å². The van der Waals surface area contributed by atoms with Crippen LogP contribution in [0.3, 0.4) is 0 Å². The normalized spacial score (nSPS) is 17.0. The third kappa shape index (κ3) is 3.60. The van der Waals surface area contributed by atoms with Gasteiger partial charge in [0, 0.05) is 18.0 Å². The zero-order chi connectivity index (χ0) is 18.1. The number of carbonyl (C=O) groups is 2. The molecule has 0 bridgehead atoms. The van der Waals surface area contributed by atoms with Crippen molar-refractivity contribution in [3.05, 3.63) is 58.1 Å². The number of para-hydroxylation sites is 1. The maximum absolute atomic E-state index is 13.9. The van der Waals surface area contributed by atoms with E-state index in [1.54, 1.807) is 6.07 Å². The predicted octanol–water partition coefficient (Wildman–Crippen LogP) is 4.26. The fourth-order valence-corrected chi connectivity index (χ4v) is 3.01. The molecule has 1 aliphatic heterocycles. The highest BCUT2D eigenvalue weighted by atomic mass is 35.5. The summed E-state index contributed by atoms with van der Waals surface area (Å²) in [6.07, 6.45) is -0.155. The molecule has 0 saturated carbocycles. The maximum atomic E-state index is 13.9. The van der Waals surface area contributed by atoms with E-state index in [-0.39, 0.29) is 13.0 Å². The standard InChI is InChI=1S/C17H12Cl2F2N2O2/c18-10-4-5-11(19)14(7-10)22-17(25)9-6-15(24)23(8-9)16-12(20)2-1-3-13(16)21/h1-5,7,9H,6,8H2,(H,22,25). The predicted molar refractivity (Wildman–Crippen MR) is 91.9 cm³/mol. The number of halogens is 4. The van der Waals surface area contributed by atoms with E-state index in [0.717, 1.165) is 17.0 Å². The monoisotopic (exact) mass is 384 g/mol. The Balaban J connectivity index is 1.78. The Kier molecular flexibility index (Phi) is 4.92. The van der Waals surface area contributed by atoms with Crippen LogP contribution in [0.2, 0.25) is 10.0 Å². The van der Waals surface area contributed by atoms with Gasteiger partial charge in [-0.3, -0.25) is 9.59 Å². The van der Waals surface area contributed by atoms with Crippen molar-refractivity contribution in [2.24, 2.45) is 5.92 Å². The van der Waals surface area contributed by atoms with Crippen molar-refractivity contribution >= 4 is 46.4 Å². The van der Waals surface area contributed by atoms with Crippen molar-refractivity contribution in [1.82, 2.24) is 0 Å². The minimum absolute atomic E-state index is 0.124. The van der Waals surface area contributed by atoms with Crippen molar-refractivity contribution < 1.29 is 18.4 Å². The molecule has 1 N–H and O–H groups in total. The molecule has 1 fully saturated rings. The number of anilines is 2. The Morgan fingerprint density at radius 3 is 2.52 bits per heavy atom. The summed E-state index contributed by atoms with van der Waals surface area (Å²) in [7, 11) is 0. The van der Waals surface area contributed by atoms with Crippen LogP contribution in [0.1, 0.15) is 6.42 Å². The minimum Gasteiger partial charge on any atom is -0.324 e. The first-order valence-corrected chi connectivity index (χ1v) is 8.12. The largest absolute Gasteiger partial charge is 0.324 e. The van der Waals surface area contributed by atoms with E-state index < -0.39 is 35.1 Å². The third-order valence-corrected chi connectivity index (χ3v) is 4.45. The molecule has 2 aromatic rings. The Morgan fingerprint density at radius 1 is 1.16 bits per heavy atom. The van der Waals surface area contributed by atoms with Crippen LogP contribution in [0.4, 0.5) is 20.2 Å². The second-order valence-electron chi connectivity index (χ2n) is 5.59. The van der Waals surface area contributed by atoms with Gasteiger partial charge in [0.25, 0.3) is 0 Å². The summed E-state index contributed by atoms with van der Waals surface area (Å²) < 4.78 is 27.8. The maximum Gasteiger partial charge on any atom is 0.229 e. The van der Waals surface area contributed by atoms with Gasteiger partial charge in [0.1, 0.15) is 17.3 Å². The molecule has 3 rings (SSSR count). The van der Waals surface area contributed by atoms with Gasteiger partial charge < -0.3 is 10.2 Å². The van der Waals surface area contributed by atoms with Gasteiger partial charge in [0.05, 0.1) is 16.6 Å². The molecule has 1 atom stereocenters. The molecule has 1 unspecified atom stereocenters. The van der Waals surface area contributed by atoms with E-state index in [1.165, 1.54) is 18.2 Å². The second kappa shape index (κ2) is 6.98. The molecule has 0 spiro atoms. The van der Waals surface area contributed by atoms with Gasteiger partial charge in [-0.25, -0.2) is 8.78 Å². The van der Waals surface area contributed by atoms with Crippen LogP contribution in [-0.2, 0) is 9.59 Å². The van der Waals surface area contributed by atoms with Gasteiger partial charge in [0.2, 0.25) is 11.8 Å². The lowest BCUT2D eigenvalue weighted by Gasteiger charge is -2.18. The summed E-state index contributed by atoms with van der Waals surface area (Å²) in [6, 6.07) is 7.91. The zero-order valence-corrected chi connectivity index (χ0v) is 14.2. The fraction of sp³-hybridized carbons (Fsp3) is 0.176. The minimum atomic E-state index is -0.854. The summed E-state index contributed by atoms with van der Waals surface area (Å²) in [5.74, 6) is -3.47. The second-order valence-corrected chi connectivity index (χ2v) is 6.43. The molecule has 1 heterocycles. The molecule has 1 saturated heterocycles. The summed E-state index contributed by atoms with van der Waals surface area (Å²) in [4.78, 5) is 25.5. The summed E-state index contributed by atoms with van der Waals surface area (Å²) in [5, 5.41) is 3.27. The van der Waals surface area contributed by atoms with Gasteiger partial charge in [-0.15, -0.1) is 0 Å². The molecular weight excluding hydrogens is 373 g/mol. The van der Waals surface area contributed by atoms with Crippen molar-refractivity contribution in [2.45, 2.75) is 6.42 Å². The number of nitrogens with one attached hydrogen (secondary N) is 1. The molecule has 2 amide bonds. The first kappa shape index (κ1) is 17.6. The summed E-state index contributed by atoms with van der Waals surface area (Å²) in [6.45, 7) is -0.124. The molecule has 2 aromatic carbocycles. The fourth-order valence-electron chi connectivity index (χ4n) is 2.67. The van der Waals surface area contributed by atoms with E-state index in [0.29, 0.717) is 15.7 Å². The van der Waals surface area contributed by atoms with Crippen LogP contribution in [-0.4, -0.2) is 18.4 Å². The van der Waals surface area contributed by atoms with Gasteiger partial charge in [-0.2, -0.15) is 0 Å². The van der Waals surface area contributed by atoms with E-state index in [4.69, 9.17) is 23.2 Å². The molecule has 25 heavy (non-hydrogen) atoms. The van der Waals surface area contributed by atoms with Crippen LogP contribution in [0.15, 0.2) is 36.4 Å². The third-order valence-electron chi connectivity index (χ3n) is 3.89. The van der Waals surface area contributed by atoms with Gasteiger partial charge in [-0.05, 0) is 30.3 Å². The highest BCUT2D eigenvalue weighted by molar-refractivity contribution is 6.35. The van der Waals surface area contributed by atoms with Gasteiger partial charge in [-0.1, -0.05) is 29.3 Å². The summed E-state index contributed by atoms with van der Waals surface area (Å²) >= 11 is 11.9. The lowest BCUT2D eigenvalue weighted by molar-refractivity contribution is -0.122. The molecule has 0 aliphatic carbocycles. The Labute approximate surface area is 152 Å². The number of benzene rings is 2. The van der Waals surface area contributed by atoms with E-state index >= 15 is 0 Å². The van der Waals surface area contributed by atoms with Crippen molar-refractivity contribution in [2.75, 3.05) is 16.8 Å².